The van der Waals surface area contributed by atoms with Gasteiger partial charge in [0.1, 0.15) is 0 Å². The Morgan fingerprint density at radius 1 is 1.75 bits per heavy atom. The van der Waals surface area contributed by atoms with E-state index in [1.54, 1.807) is 0 Å². The quantitative estimate of drug-likeness (QED) is 0.518. The molecule has 1 aliphatic rings. The molecular formula is C7H9S. The van der Waals surface area contributed by atoms with E-state index in [-0.39, 0.29) is 0 Å². The number of thioether (sulfide) groups is 1. The van der Waals surface area contributed by atoms with Crippen molar-refractivity contribution in [2.24, 2.45) is 0 Å². The van der Waals surface area contributed by atoms with Crippen LogP contribution in [-0.2, 0) is 0 Å². The van der Waals surface area contributed by atoms with Crippen molar-refractivity contribution < 1.29 is 0 Å². The minimum atomic E-state index is 1.17. The fraction of sp³-hybridized carbons (Fsp3) is 0.429. The monoisotopic (exact) mass is 125 g/mol. The summed E-state index contributed by atoms with van der Waals surface area (Å²) in [5.74, 6) is 0. The van der Waals surface area contributed by atoms with Crippen molar-refractivity contribution in [2.75, 3.05) is 6.26 Å². The van der Waals surface area contributed by atoms with Gasteiger partial charge in [-0.25, -0.2) is 0 Å². The van der Waals surface area contributed by atoms with E-state index in [1.807, 2.05) is 11.8 Å². The van der Waals surface area contributed by atoms with Gasteiger partial charge >= 0.3 is 0 Å². The summed E-state index contributed by atoms with van der Waals surface area (Å²) in [6, 6.07) is 0. The van der Waals surface area contributed by atoms with Crippen molar-refractivity contribution >= 4 is 11.8 Å². The van der Waals surface area contributed by atoms with Gasteiger partial charge in [0.25, 0.3) is 0 Å². The van der Waals surface area contributed by atoms with Crippen LogP contribution in [0.25, 0.3) is 0 Å². The molecule has 0 amide bonds. The molecule has 0 saturated heterocycles. The molecule has 0 bridgehead atoms. The van der Waals surface area contributed by atoms with E-state index in [0.717, 1.165) is 0 Å². The van der Waals surface area contributed by atoms with Gasteiger partial charge in [-0.15, -0.1) is 11.8 Å². The van der Waals surface area contributed by atoms with Gasteiger partial charge in [0, 0.05) is 0 Å². The zero-order chi connectivity index (χ0) is 5.82. The second kappa shape index (κ2) is 2.98. The molecule has 0 atom stereocenters. The molecule has 0 N–H and O–H groups in total. The Bertz CT molecular complexity index is 122. The lowest BCUT2D eigenvalue weighted by Crippen LogP contribution is -1.79. The Labute approximate surface area is 54.7 Å². The normalized spacial score (nSPS) is 18.4. The Morgan fingerprint density at radius 3 is 3.00 bits per heavy atom. The smallest absolute Gasteiger partial charge is 0.0140 e. The summed E-state index contributed by atoms with van der Waals surface area (Å²) in [7, 11) is 0. The van der Waals surface area contributed by atoms with Crippen molar-refractivity contribution in [3.05, 3.63) is 23.1 Å². The highest BCUT2D eigenvalue weighted by atomic mass is 32.2. The van der Waals surface area contributed by atoms with Gasteiger partial charge in [0.2, 0.25) is 0 Å². The summed E-state index contributed by atoms with van der Waals surface area (Å²) in [5, 5.41) is 0. The molecule has 1 heteroatoms. The number of hydrogen-bond donors (Lipinski definition) is 0. The zero-order valence-electron chi connectivity index (χ0n) is 4.98. The van der Waals surface area contributed by atoms with Crippen LogP contribution in [0.4, 0.5) is 0 Å². The third-order valence-corrected chi connectivity index (χ3v) is 2.01. The lowest BCUT2D eigenvalue weighted by Gasteiger charge is -2.02. The molecule has 43 valence electrons. The first-order valence-electron chi connectivity index (χ1n) is 2.74. The van der Waals surface area contributed by atoms with Crippen molar-refractivity contribution in [1.82, 2.24) is 0 Å². The summed E-state index contributed by atoms with van der Waals surface area (Å²) < 4.78 is 0. The first-order valence-corrected chi connectivity index (χ1v) is 3.96. The highest BCUT2D eigenvalue weighted by molar-refractivity contribution is 8.02. The van der Waals surface area contributed by atoms with E-state index < -0.39 is 0 Å². The summed E-state index contributed by atoms with van der Waals surface area (Å²) in [4.78, 5) is 1.45. The fourth-order valence-electron chi connectivity index (χ4n) is 0.683. The van der Waals surface area contributed by atoms with Crippen LogP contribution in [0.15, 0.2) is 17.1 Å². The molecule has 0 aromatic heterocycles. The Morgan fingerprint density at radius 2 is 2.62 bits per heavy atom. The van der Waals surface area contributed by atoms with Crippen molar-refractivity contribution in [1.29, 1.82) is 0 Å². The molecule has 0 nitrogen and oxygen atoms in total. The van der Waals surface area contributed by atoms with Gasteiger partial charge in [0.05, 0.1) is 0 Å². The van der Waals surface area contributed by atoms with E-state index in [9.17, 15) is 0 Å². The van der Waals surface area contributed by atoms with Crippen LogP contribution in [0.1, 0.15) is 12.8 Å². The van der Waals surface area contributed by atoms with Gasteiger partial charge in [0.15, 0.2) is 0 Å². The summed E-state index contributed by atoms with van der Waals surface area (Å²) in [6.07, 6.45) is 11.7. The minimum absolute atomic E-state index is 1.17. The predicted octanol–water partition coefficient (Wildman–Crippen LogP) is 2.39. The van der Waals surface area contributed by atoms with E-state index in [2.05, 4.69) is 24.5 Å². The Hall–Kier alpha value is -0.170. The molecule has 0 fully saturated rings. The van der Waals surface area contributed by atoms with Gasteiger partial charge < -0.3 is 0 Å². The summed E-state index contributed by atoms with van der Waals surface area (Å²) >= 11 is 1.82. The zero-order valence-corrected chi connectivity index (χ0v) is 5.79. The van der Waals surface area contributed by atoms with Crippen molar-refractivity contribution in [2.45, 2.75) is 12.8 Å². The predicted molar refractivity (Wildman–Crippen MR) is 38.6 cm³/mol. The van der Waals surface area contributed by atoms with Crippen LogP contribution in [0.2, 0.25) is 0 Å². The molecule has 0 unspecified atom stereocenters. The Kier molecular flexibility index (Phi) is 2.22. The molecule has 0 saturated carbocycles. The average Bonchev–Trinajstić information content (AvgIpc) is 1.90. The van der Waals surface area contributed by atoms with Crippen LogP contribution >= 0.6 is 11.8 Å². The number of allylic oxidation sites excluding steroid dienone is 4. The maximum atomic E-state index is 3.08. The van der Waals surface area contributed by atoms with Crippen molar-refractivity contribution in [3.63, 3.8) is 0 Å². The van der Waals surface area contributed by atoms with E-state index in [0.29, 0.717) is 0 Å². The maximum Gasteiger partial charge on any atom is -0.0140 e. The van der Waals surface area contributed by atoms with Crippen LogP contribution < -0.4 is 0 Å². The third kappa shape index (κ3) is 1.41. The number of rotatable bonds is 1. The standard InChI is InChI=1S/C7H9S/c1-8-7-5-3-2-4-6-7/h2,6H,3,5H2,1H3. The van der Waals surface area contributed by atoms with Crippen LogP contribution in [0, 0.1) is 6.08 Å². The molecule has 0 spiro atoms. The molecule has 8 heavy (non-hydrogen) atoms. The Balaban J connectivity index is 2.50. The average molecular weight is 125 g/mol. The highest BCUT2D eigenvalue weighted by Crippen LogP contribution is 2.20. The molecule has 1 radical (unpaired) electrons. The second-order valence-electron chi connectivity index (χ2n) is 1.72. The molecule has 0 aromatic rings. The minimum Gasteiger partial charge on any atom is -0.134 e. The SMILES string of the molecule is CSC1=C[C]=CCC1. The van der Waals surface area contributed by atoms with Gasteiger partial charge in [-0.2, -0.15) is 0 Å². The number of hydrogen-bond acceptors (Lipinski definition) is 1. The lowest BCUT2D eigenvalue weighted by atomic mass is 10.2. The molecular weight excluding hydrogens is 116 g/mol. The largest absolute Gasteiger partial charge is 0.134 e. The summed E-state index contributed by atoms with van der Waals surface area (Å²) in [6.45, 7) is 0. The molecule has 0 heterocycles. The van der Waals surface area contributed by atoms with Crippen molar-refractivity contribution in [3.8, 4) is 0 Å². The van der Waals surface area contributed by atoms with Gasteiger partial charge in [-0.1, -0.05) is 6.08 Å². The van der Waals surface area contributed by atoms with Crippen LogP contribution in [0.5, 0.6) is 0 Å². The second-order valence-corrected chi connectivity index (χ2v) is 2.66. The van der Waals surface area contributed by atoms with E-state index in [1.165, 1.54) is 17.7 Å². The molecule has 1 rings (SSSR count). The van der Waals surface area contributed by atoms with E-state index >= 15 is 0 Å². The molecule has 0 aliphatic heterocycles. The van der Waals surface area contributed by atoms with Crippen LogP contribution in [-0.4, -0.2) is 6.26 Å². The fourth-order valence-corrected chi connectivity index (χ4v) is 1.19. The first-order chi connectivity index (χ1) is 3.93. The van der Waals surface area contributed by atoms with Crippen LogP contribution in [0.3, 0.4) is 0 Å². The van der Waals surface area contributed by atoms with E-state index in [4.69, 9.17) is 0 Å². The molecule has 0 aromatic carbocycles. The summed E-state index contributed by atoms with van der Waals surface area (Å²) in [5.41, 5.74) is 0. The first kappa shape index (κ1) is 5.96. The lowest BCUT2D eigenvalue weighted by molar-refractivity contribution is 1.01. The third-order valence-electron chi connectivity index (χ3n) is 1.16. The maximum absolute atomic E-state index is 3.08. The molecule has 1 aliphatic carbocycles. The van der Waals surface area contributed by atoms with Gasteiger partial charge in [-0.3, -0.25) is 0 Å². The van der Waals surface area contributed by atoms with Gasteiger partial charge in [-0.05, 0) is 36.2 Å². The highest BCUT2D eigenvalue weighted by Gasteiger charge is 1.94. The topological polar surface area (TPSA) is 0 Å².